The maximum atomic E-state index is 12.8. The fourth-order valence-electron chi connectivity index (χ4n) is 2.74. The summed E-state index contributed by atoms with van der Waals surface area (Å²) in [5, 5.41) is 4.58. The summed E-state index contributed by atoms with van der Waals surface area (Å²) in [6.07, 6.45) is 3.45. The van der Waals surface area contributed by atoms with Crippen LogP contribution in [0.15, 0.2) is 47.7 Å². The van der Waals surface area contributed by atoms with Crippen LogP contribution in [0.25, 0.3) is 16.7 Å². The van der Waals surface area contributed by atoms with Crippen molar-refractivity contribution in [1.29, 1.82) is 0 Å². The van der Waals surface area contributed by atoms with E-state index in [0.717, 1.165) is 11.3 Å². The number of aldehydes is 1. The van der Waals surface area contributed by atoms with Crippen LogP contribution < -0.4 is 10.4 Å². The summed E-state index contributed by atoms with van der Waals surface area (Å²) in [6.45, 7) is 0.308. The molecule has 3 heterocycles. The minimum atomic E-state index is -0.345. The van der Waals surface area contributed by atoms with Crippen LogP contribution in [0, 0.1) is 0 Å². The monoisotopic (exact) mass is 335 g/mol. The molecule has 0 saturated carbocycles. The number of methoxy groups -OCH3 is 1. The van der Waals surface area contributed by atoms with Crippen molar-refractivity contribution in [3.63, 3.8) is 0 Å². The molecule has 0 atom stereocenters. The number of aromatic nitrogens is 5. The normalized spacial score (nSPS) is 11.1. The van der Waals surface area contributed by atoms with Gasteiger partial charge in [-0.3, -0.25) is 9.36 Å². The number of rotatable bonds is 4. The van der Waals surface area contributed by atoms with Gasteiger partial charge in [-0.05, 0) is 23.8 Å². The van der Waals surface area contributed by atoms with Gasteiger partial charge in [-0.2, -0.15) is 9.61 Å². The predicted octanol–water partition coefficient (Wildman–Crippen LogP) is 1.31. The fourth-order valence-corrected chi connectivity index (χ4v) is 2.74. The first-order chi connectivity index (χ1) is 12.2. The van der Waals surface area contributed by atoms with E-state index in [1.54, 1.807) is 13.2 Å². The van der Waals surface area contributed by atoms with E-state index >= 15 is 0 Å². The summed E-state index contributed by atoms with van der Waals surface area (Å²) in [7, 11) is 1.60. The summed E-state index contributed by atoms with van der Waals surface area (Å²) in [4.78, 5) is 32.3. The largest absolute Gasteiger partial charge is 0.497 e. The molecule has 0 spiro atoms. The van der Waals surface area contributed by atoms with Gasteiger partial charge < -0.3 is 4.74 Å². The van der Waals surface area contributed by atoms with Crippen LogP contribution in [0.3, 0.4) is 0 Å². The second kappa shape index (κ2) is 5.82. The molecule has 3 aromatic heterocycles. The second-order valence-corrected chi connectivity index (χ2v) is 5.47. The van der Waals surface area contributed by atoms with Crippen LogP contribution in [0.1, 0.15) is 15.9 Å². The summed E-state index contributed by atoms with van der Waals surface area (Å²) in [5.74, 6) is 0.737. The smallest absolute Gasteiger partial charge is 0.352 e. The molecule has 0 amide bonds. The average molecular weight is 335 g/mol. The lowest BCUT2D eigenvalue weighted by atomic mass is 10.2. The molecule has 25 heavy (non-hydrogen) atoms. The standard InChI is InChI=1S/C17H13N5O3/c1-25-13-4-2-11(3-5-13)8-21-15-14(6-12(9-23)7-18-15)16-19-10-20-22(16)17(21)24/h2-7,9-10H,8H2,1H3. The average Bonchev–Trinajstić information content (AvgIpc) is 3.15. The molecule has 0 N–H and O–H groups in total. The third-order valence-corrected chi connectivity index (χ3v) is 3.98. The van der Waals surface area contributed by atoms with Crippen molar-refractivity contribution in [1.82, 2.24) is 24.1 Å². The van der Waals surface area contributed by atoms with Crippen molar-refractivity contribution in [2.75, 3.05) is 7.11 Å². The third-order valence-electron chi connectivity index (χ3n) is 3.98. The lowest BCUT2D eigenvalue weighted by Gasteiger charge is -2.11. The van der Waals surface area contributed by atoms with E-state index in [1.165, 1.54) is 21.6 Å². The number of carbonyl (C=O) groups is 1. The summed E-state index contributed by atoms with van der Waals surface area (Å²) in [5.41, 5.74) is 1.80. The molecular formula is C17H13N5O3. The van der Waals surface area contributed by atoms with E-state index in [9.17, 15) is 9.59 Å². The van der Waals surface area contributed by atoms with E-state index in [0.29, 0.717) is 35.1 Å². The quantitative estimate of drug-likeness (QED) is 0.522. The molecule has 124 valence electrons. The van der Waals surface area contributed by atoms with Crippen molar-refractivity contribution < 1.29 is 9.53 Å². The Kier molecular flexibility index (Phi) is 3.50. The van der Waals surface area contributed by atoms with Gasteiger partial charge in [0.25, 0.3) is 0 Å². The van der Waals surface area contributed by atoms with Crippen LogP contribution in [0.2, 0.25) is 0 Å². The molecule has 0 aliphatic rings. The Morgan fingerprint density at radius 2 is 1.96 bits per heavy atom. The number of benzene rings is 1. The van der Waals surface area contributed by atoms with Gasteiger partial charge in [0.15, 0.2) is 11.9 Å². The Morgan fingerprint density at radius 1 is 1.16 bits per heavy atom. The van der Waals surface area contributed by atoms with Gasteiger partial charge in [0.1, 0.15) is 17.7 Å². The Morgan fingerprint density at radius 3 is 2.68 bits per heavy atom. The van der Waals surface area contributed by atoms with Gasteiger partial charge in [0, 0.05) is 11.8 Å². The minimum Gasteiger partial charge on any atom is -0.497 e. The van der Waals surface area contributed by atoms with Crippen molar-refractivity contribution in [2.24, 2.45) is 0 Å². The van der Waals surface area contributed by atoms with Gasteiger partial charge in [0.05, 0.1) is 19.0 Å². The highest BCUT2D eigenvalue weighted by atomic mass is 16.5. The molecule has 8 nitrogen and oxygen atoms in total. The zero-order valence-electron chi connectivity index (χ0n) is 13.3. The van der Waals surface area contributed by atoms with Crippen molar-refractivity contribution in [3.05, 3.63) is 64.5 Å². The van der Waals surface area contributed by atoms with Gasteiger partial charge in [0.2, 0.25) is 0 Å². The molecule has 0 aliphatic heterocycles. The number of pyridine rings is 1. The van der Waals surface area contributed by atoms with Crippen molar-refractivity contribution in [2.45, 2.75) is 6.54 Å². The number of nitrogens with zero attached hydrogens (tertiary/aromatic N) is 5. The summed E-state index contributed by atoms with van der Waals surface area (Å²) < 4.78 is 7.87. The molecule has 0 aliphatic carbocycles. The lowest BCUT2D eigenvalue weighted by Crippen LogP contribution is -2.29. The van der Waals surface area contributed by atoms with Crippen molar-refractivity contribution >= 4 is 23.0 Å². The number of hydrogen-bond donors (Lipinski definition) is 0. The molecule has 4 rings (SSSR count). The molecule has 0 fully saturated rings. The van der Waals surface area contributed by atoms with E-state index in [2.05, 4.69) is 15.1 Å². The SMILES string of the molecule is COc1ccc(Cn2c(=O)n3ncnc3c3cc(C=O)cnc32)cc1. The molecule has 0 saturated heterocycles. The van der Waals surface area contributed by atoms with E-state index in [-0.39, 0.29) is 5.69 Å². The van der Waals surface area contributed by atoms with E-state index in [4.69, 9.17) is 4.74 Å². The fraction of sp³-hybridized carbons (Fsp3) is 0.118. The number of fused-ring (bicyclic) bond motifs is 3. The first-order valence-electron chi connectivity index (χ1n) is 7.51. The second-order valence-electron chi connectivity index (χ2n) is 5.47. The molecule has 0 bridgehead atoms. The Labute approximate surface area is 141 Å². The van der Waals surface area contributed by atoms with E-state index < -0.39 is 0 Å². The zero-order valence-corrected chi connectivity index (χ0v) is 13.3. The third kappa shape index (κ3) is 2.44. The van der Waals surface area contributed by atoms with E-state index in [1.807, 2.05) is 24.3 Å². The van der Waals surface area contributed by atoms with Gasteiger partial charge in [-0.1, -0.05) is 12.1 Å². The molecule has 0 radical (unpaired) electrons. The Balaban J connectivity index is 1.95. The molecular weight excluding hydrogens is 322 g/mol. The highest BCUT2D eigenvalue weighted by Gasteiger charge is 2.14. The summed E-state index contributed by atoms with van der Waals surface area (Å²) >= 11 is 0. The Bertz CT molecular complexity index is 1140. The first kappa shape index (κ1) is 15.0. The highest BCUT2D eigenvalue weighted by molar-refractivity contribution is 5.92. The van der Waals surface area contributed by atoms with Gasteiger partial charge in [-0.25, -0.2) is 14.8 Å². The molecule has 1 aromatic carbocycles. The predicted molar refractivity (Wildman–Crippen MR) is 90.0 cm³/mol. The number of carbonyl (C=O) groups excluding carboxylic acids is 1. The topological polar surface area (TPSA) is 91.4 Å². The molecule has 8 heteroatoms. The number of ether oxygens (including phenoxy) is 1. The van der Waals surface area contributed by atoms with Gasteiger partial charge in [-0.15, -0.1) is 0 Å². The van der Waals surface area contributed by atoms with Crippen LogP contribution in [-0.4, -0.2) is 37.5 Å². The van der Waals surface area contributed by atoms with Gasteiger partial charge >= 0.3 is 5.69 Å². The van der Waals surface area contributed by atoms with Crippen LogP contribution >= 0.6 is 0 Å². The van der Waals surface area contributed by atoms with Crippen LogP contribution in [-0.2, 0) is 6.54 Å². The molecule has 4 aromatic rings. The first-order valence-corrected chi connectivity index (χ1v) is 7.51. The maximum absolute atomic E-state index is 12.8. The Hall–Kier alpha value is -3.55. The lowest BCUT2D eigenvalue weighted by molar-refractivity contribution is 0.112. The molecule has 0 unspecified atom stereocenters. The minimum absolute atomic E-state index is 0.308. The maximum Gasteiger partial charge on any atom is 0.352 e. The summed E-state index contributed by atoms with van der Waals surface area (Å²) in [6, 6.07) is 9.07. The number of hydrogen-bond acceptors (Lipinski definition) is 6. The van der Waals surface area contributed by atoms with Crippen molar-refractivity contribution in [3.8, 4) is 5.75 Å². The van der Waals surface area contributed by atoms with Crippen LogP contribution in [0.4, 0.5) is 0 Å². The zero-order chi connectivity index (χ0) is 17.4. The van der Waals surface area contributed by atoms with Crippen LogP contribution in [0.5, 0.6) is 5.75 Å². The highest BCUT2D eigenvalue weighted by Crippen LogP contribution is 2.18.